The molecule has 1 aromatic carbocycles. The van der Waals surface area contributed by atoms with E-state index in [9.17, 15) is 4.79 Å². The molecule has 12 heavy (non-hydrogen) atoms. The van der Waals surface area contributed by atoms with Crippen LogP contribution in [0.15, 0.2) is 24.3 Å². The van der Waals surface area contributed by atoms with E-state index in [0.717, 1.165) is 11.8 Å². The molecule has 1 aromatic rings. The van der Waals surface area contributed by atoms with Crippen molar-refractivity contribution in [3.63, 3.8) is 0 Å². The molecule has 0 aliphatic carbocycles. The average molecular weight is 165 g/mol. The van der Waals surface area contributed by atoms with Gasteiger partial charge in [0.1, 0.15) is 6.29 Å². The van der Waals surface area contributed by atoms with Gasteiger partial charge in [-0.05, 0) is 5.56 Å². The second kappa shape index (κ2) is 4.64. The predicted molar refractivity (Wildman–Crippen MR) is 45.7 cm³/mol. The maximum Gasteiger partial charge on any atom is 0.150 e. The highest BCUT2D eigenvalue weighted by atomic mass is 16.6. The number of carbonyl (C=O) groups is 1. The first-order chi connectivity index (χ1) is 5.88. The van der Waals surface area contributed by atoms with Crippen LogP contribution in [-0.2, 0) is 11.4 Å². The molecule has 0 aromatic heterocycles. The van der Waals surface area contributed by atoms with Gasteiger partial charge >= 0.3 is 0 Å². The number of hydrogen-bond donors (Lipinski definition) is 1. The van der Waals surface area contributed by atoms with Crippen molar-refractivity contribution in [2.24, 2.45) is 0 Å². The van der Waals surface area contributed by atoms with E-state index in [1.165, 1.54) is 0 Å². The number of aldehydes is 1. The fourth-order valence-electron chi connectivity index (χ4n) is 0.931. The lowest BCUT2D eigenvalue weighted by Crippen LogP contribution is -2.07. The van der Waals surface area contributed by atoms with Crippen LogP contribution in [0.25, 0.3) is 0 Å². The lowest BCUT2D eigenvalue weighted by Gasteiger charge is -2.03. The zero-order valence-electron chi connectivity index (χ0n) is 6.91. The lowest BCUT2D eigenvalue weighted by atomic mass is 10.1. The fraction of sp³-hybridized carbons (Fsp3) is 0.222. The van der Waals surface area contributed by atoms with Gasteiger partial charge in [0.05, 0.1) is 6.61 Å². The summed E-state index contributed by atoms with van der Waals surface area (Å²) in [5, 5.41) is 0. The third-order valence-corrected chi connectivity index (χ3v) is 1.55. The molecule has 0 atom stereocenters. The van der Waals surface area contributed by atoms with Crippen molar-refractivity contribution < 1.29 is 9.63 Å². The van der Waals surface area contributed by atoms with Crippen molar-refractivity contribution in [2.75, 3.05) is 7.05 Å². The van der Waals surface area contributed by atoms with Crippen molar-refractivity contribution in [2.45, 2.75) is 6.61 Å². The zero-order chi connectivity index (χ0) is 8.81. The Morgan fingerprint density at radius 3 is 2.92 bits per heavy atom. The first kappa shape index (κ1) is 8.90. The highest BCUT2D eigenvalue weighted by Gasteiger charge is 1.98. The Hall–Kier alpha value is -1.19. The lowest BCUT2D eigenvalue weighted by molar-refractivity contribution is 0.0441. The van der Waals surface area contributed by atoms with Gasteiger partial charge in [-0.3, -0.25) is 9.63 Å². The second-order valence-corrected chi connectivity index (χ2v) is 2.31. The molecule has 0 unspecified atom stereocenters. The summed E-state index contributed by atoms with van der Waals surface area (Å²) in [6.07, 6.45) is 0.828. The fourth-order valence-corrected chi connectivity index (χ4v) is 0.931. The molecule has 1 N–H and O–H groups in total. The Morgan fingerprint density at radius 2 is 2.25 bits per heavy atom. The summed E-state index contributed by atoms with van der Waals surface area (Å²) in [7, 11) is 1.68. The number of benzene rings is 1. The smallest absolute Gasteiger partial charge is 0.150 e. The minimum atomic E-state index is 0.408. The van der Waals surface area contributed by atoms with Gasteiger partial charge in [0, 0.05) is 12.6 Å². The quantitative estimate of drug-likeness (QED) is 0.537. The third kappa shape index (κ3) is 2.15. The maximum absolute atomic E-state index is 10.5. The molecule has 3 heteroatoms. The van der Waals surface area contributed by atoms with Crippen LogP contribution in [0.5, 0.6) is 0 Å². The van der Waals surface area contributed by atoms with Gasteiger partial charge < -0.3 is 0 Å². The first-order valence-electron chi connectivity index (χ1n) is 3.70. The summed E-state index contributed by atoms with van der Waals surface area (Å²) in [6.45, 7) is 0.408. The van der Waals surface area contributed by atoms with E-state index in [1.54, 1.807) is 13.1 Å². The van der Waals surface area contributed by atoms with Gasteiger partial charge in [-0.25, -0.2) is 5.48 Å². The minimum absolute atomic E-state index is 0.408. The molecule has 0 aliphatic heterocycles. The molecule has 64 valence electrons. The molecule has 0 radical (unpaired) electrons. The van der Waals surface area contributed by atoms with Crippen molar-refractivity contribution in [3.05, 3.63) is 35.4 Å². The van der Waals surface area contributed by atoms with Crippen LogP contribution in [0.2, 0.25) is 0 Å². The SMILES string of the molecule is CNOCc1ccccc1C=O. The molecule has 3 nitrogen and oxygen atoms in total. The topological polar surface area (TPSA) is 38.3 Å². The molecular formula is C9H11NO2. The molecule has 0 spiro atoms. The largest absolute Gasteiger partial charge is 0.298 e. The number of carbonyl (C=O) groups excluding carboxylic acids is 1. The van der Waals surface area contributed by atoms with Crippen molar-refractivity contribution in [1.82, 2.24) is 5.48 Å². The zero-order valence-corrected chi connectivity index (χ0v) is 6.91. The highest BCUT2D eigenvalue weighted by Crippen LogP contribution is 2.06. The Labute approximate surface area is 71.3 Å². The van der Waals surface area contributed by atoms with E-state index in [4.69, 9.17) is 4.84 Å². The molecule has 0 saturated heterocycles. The summed E-state index contributed by atoms with van der Waals surface area (Å²) in [5.74, 6) is 0. The first-order valence-corrected chi connectivity index (χ1v) is 3.70. The molecule has 0 fully saturated rings. The molecule has 1 rings (SSSR count). The Balaban J connectivity index is 2.75. The van der Waals surface area contributed by atoms with Crippen LogP contribution in [0.1, 0.15) is 15.9 Å². The van der Waals surface area contributed by atoms with E-state index in [0.29, 0.717) is 12.2 Å². The summed E-state index contributed by atoms with van der Waals surface area (Å²) in [5.41, 5.74) is 4.12. The summed E-state index contributed by atoms with van der Waals surface area (Å²) < 4.78 is 0. The highest BCUT2D eigenvalue weighted by molar-refractivity contribution is 5.76. The van der Waals surface area contributed by atoms with E-state index in [2.05, 4.69) is 5.48 Å². The van der Waals surface area contributed by atoms with Crippen LogP contribution < -0.4 is 5.48 Å². The summed E-state index contributed by atoms with van der Waals surface area (Å²) in [4.78, 5) is 15.5. The van der Waals surface area contributed by atoms with Crippen LogP contribution in [-0.4, -0.2) is 13.3 Å². The maximum atomic E-state index is 10.5. The number of rotatable bonds is 4. The van der Waals surface area contributed by atoms with Gasteiger partial charge in [0.15, 0.2) is 0 Å². The Kier molecular flexibility index (Phi) is 3.44. The summed E-state index contributed by atoms with van der Waals surface area (Å²) in [6, 6.07) is 7.33. The van der Waals surface area contributed by atoms with Crippen LogP contribution in [0.3, 0.4) is 0 Å². The van der Waals surface area contributed by atoms with Gasteiger partial charge in [0.25, 0.3) is 0 Å². The molecule has 0 bridgehead atoms. The Bertz CT molecular complexity index is 260. The average Bonchev–Trinajstić information content (AvgIpc) is 2.15. The van der Waals surface area contributed by atoms with E-state index in [-0.39, 0.29) is 0 Å². The monoisotopic (exact) mass is 165 g/mol. The molecular weight excluding hydrogens is 154 g/mol. The van der Waals surface area contributed by atoms with Crippen LogP contribution in [0, 0.1) is 0 Å². The van der Waals surface area contributed by atoms with Gasteiger partial charge in [-0.15, -0.1) is 0 Å². The van der Waals surface area contributed by atoms with Crippen molar-refractivity contribution in [3.8, 4) is 0 Å². The van der Waals surface area contributed by atoms with Crippen LogP contribution in [0.4, 0.5) is 0 Å². The molecule has 0 saturated carbocycles. The third-order valence-electron chi connectivity index (χ3n) is 1.55. The second-order valence-electron chi connectivity index (χ2n) is 2.31. The van der Waals surface area contributed by atoms with E-state index >= 15 is 0 Å². The van der Waals surface area contributed by atoms with Gasteiger partial charge in [-0.1, -0.05) is 24.3 Å². The molecule has 0 heterocycles. The standard InChI is InChI=1S/C9H11NO2/c1-10-12-7-9-5-3-2-4-8(9)6-11/h2-6,10H,7H2,1H3. The normalized spacial score (nSPS) is 9.75. The molecule has 0 amide bonds. The Morgan fingerprint density at radius 1 is 1.50 bits per heavy atom. The van der Waals surface area contributed by atoms with Gasteiger partial charge in [0.2, 0.25) is 0 Å². The van der Waals surface area contributed by atoms with Crippen LogP contribution >= 0.6 is 0 Å². The van der Waals surface area contributed by atoms with Gasteiger partial charge in [-0.2, -0.15) is 0 Å². The molecule has 0 aliphatic rings. The number of hydrogen-bond acceptors (Lipinski definition) is 3. The van der Waals surface area contributed by atoms with E-state index < -0.39 is 0 Å². The predicted octanol–water partition coefficient (Wildman–Crippen LogP) is 1.15. The number of hydroxylamine groups is 1. The van der Waals surface area contributed by atoms with Crippen molar-refractivity contribution in [1.29, 1.82) is 0 Å². The number of nitrogens with one attached hydrogen (secondary N) is 1. The summed E-state index contributed by atoms with van der Waals surface area (Å²) >= 11 is 0. The minimum Gasteiger partial charge on any atom is -0.298 e. The van der Waals surface area contributed by atoms with Crippen molar-refractivity contribution >= 4 is 6.29 Å². The van der Waals surface area contributed by atoms with E-state index in [1.807, 2.05) is 18.2 Å².